The van der Waals surface area contributed by atoms with Gasteiger partial charge in [-0.2, -0.15) is 13.2 Å². The topological polar surface area (TPSA) is 55.8 Å². The van der Waals surface area contributed by atoms with Crippen molar-refractivity contribution < 1.29 is 32.3 Å². The average Bonchev–Trinajstić information content (AvgIpc) is 2.37. The van der Waals surface area contributed by atoms with Crippen LogP contribution in [0, 0.1) is 0 Å². The molecule has 1 rings (SSSR count). The maximum atomic E-state index is 12.1. The van der Waals surface area contributed by atoms with Crippen molar-refractivity contribution in [3.63, 3.8) is 0 Å². The van der Waals surface area contributed by atoms with E-state index in [0.29, 0.717) is 5.56 Å². The quantitative estimate of drug-likeness (QED) is 0.778. The lowest BCUT2D eigenvalue weighted by Gasteiger charge is -2.20. The second-order valence-corrected chi connectivity index (χ2v) is 3.37. The standard InChI is InChI=1S/C11H10F3NO4/c1-18-10(17)15(19-9(16)11(12,13)14)7-8-5-3-2-4-6-8/h2-6H,7H2,1H3. The Balaban J connectivity index is 2.79. The van der Waals surface area contributed by atoms with Crippen LogP contribution in [0.5, 0.6) is 0 Å². The molecule has 0 aromatic heterocycles. The number of hydrogen-bond acceptors (Lipinski definition) is 4. The Morgan fingerprint density at radius 1 is 1.21 bits per heavy atom. The van der Waals surface area contributed by atoms with Gasteiger partial charge in [-0.3, -0.25) is 0 Å². The van der Waals surface area contributed by atoms with Crippen molar-refractivity contribution >= 4 is 12.1 Å². The Hall–Kier alpha value is -2.25. The third-order valence-corrected chi connectivity index (χ3v) is 1.97. The van der Waals surface area contributed by atoms with Crippen LogP contribution in [0.2, 0.25) is 0 Å². The number of methoxy groups -OCH3 is 1. The first kappa shape index (κ1) is 14.8. The lowest BCUT2D eigenvalue weighted by atomic mass is 10.2. The largest absolute Gasteiger partial charge is 0.493 e. The van der Waals surface area contributed by atoms with Gasteiger partial charge in [-0.05, 0) is 5.56 Å². The number of carbonyl (C=O) groups is 2. The number of carbonyl (C=O) groups excluding carboxylic acids is 2. The van der Waals surface area contributed by atoms with Crippen LogP contribution in [-0.4, -0.2) is 30.4 Å². The molecule has 1 amide bonds. The highest BCUT2D eigenvalue weighted by Gasteiger charge is 2.43. The minimum Gasteiger partial charge on any atom is -0.451 e. The van der Waals surface area contributed by atoms with Gasteiger partial charge in [-0.1, -0.05) is 30.3 Å². The van der Waals surface area contributed by atoms with Crippen molar-refractivity contribution in [2.24, 2.45) is 0 Å². The Morgan fingerprint density at radius 3 is 2.26 bits per heavy atom. The lowest BCUT2D eigenvalue weighted by Crippen LogP contribution is -2.38. The van der Waals surface area contributed by atoms with E-state index in [1.165, 1.54) is 0 Å². The van der Waals surface area contributed by atoms with Crippen molar-refractivity contribution in [2.75, 3.05) is 7.11 Å². The summed E-state index contributed by atoms with van der Waals surface area (Å²) in [5, 5.41) is 0.200. The summed E-state index contributed by atoms with van der Waals surface area (Å²) in [5.41, 5.74) is 0.475. The summed E-state index contributed by atoms with van der Waals surface area (Å²) in [7, 11) is 0.960. The highest BCUT2D eigenvalue weighted by atomic mass is 19.4. The van der Waals surface area contributed by atoms with Gasteiger partial charge in [-0.15, -0.1) is 5.06 Å². The lowest BCUT2D eigenvalue weighted by molar-refractivity contribution is -0.232. The van der Waals surface area contributed by atoms with E-state index in [9.17, 15) is 22.8 Å². The molecule has 0 heterocycles. The molecule has 104 valence electrons. The van der Waals surface area contributed by atoms with Gasteiger partial charge >= 0.3 is 18.2 Å². The van der Waals surface area contributed by atoms with Crippen LogP contribution < -0.4 is 0 Å². The molecule has 5 nitrogen and oxygen atoms in total. The highest BCUT2D eigenvalue weighted by Crippen LogP contribution is 2.18. The fraction of sp³-hybridized carbons (Fsp3) is 0.273. The molecule has 8 heteroatoms. The maximum Gasteiger partial charge on any atom is 0.493 e. The fourth-order valence-corrected chi connectivity index (χ4v) is 1.14. The predicted octanol–water partition coefficient (Wildman–Crippen LogP) is 2.28. The zero-order chi connectivity index (χ0) is 14.5. The molecule has 0 saturated heterocycles. The van der Waals surface area contributed by atoms with E-state index in [1.807, 2.05) is 0 Å². The van der Waals surface area contributed by atoms with E-state index in [2.05, 4.69) is 9.57 Å². The summed E-state index contributed by atoms with van der Waals surface area (Å²) < 4.78 is 40.4. The summed E-state index contributed by atoms with van der Waals surface area (Å²) in [5.74, 6) is -2.49. The number of nitrogens with zero attached hydrogens (tertiary/aromatic N) is 1. The maximum absolute atomic E-state index is 12.1. The van der Waals surface area contributed by atoms with Gasteiger partial charge < -0.3 is 9.57 Å². The van der Waals surface area contributed by atoms with Crippen molar-refractivity contribution in [3.8, 4) is 0 Å². The average molecular weight is 277 g/mol. The second-order valence-electron chi connectivity index (χ2n) is 3.37. The van der Waals surface area contributed by atoms with Crippen LogP contribution in [-0.2, 0) is 20.9 Å². The van der Waals surface area contributed by atoms with E-state index in [4.69, 9.17) is 0 Å². The zero-order valence-electron chi connectivity index (χ0n) is 9.81. The van der Waals surface area contributed by atoms with Gasteiger partial charge in [0.2, 0.25) is 0 Å². The smallest absolute Gasteiger partial charge is 0.451 e. The number of rotatable bonds is 2. The molecule has 0 N–H and O–H groups in total. The molecule has 0 spiro atoms. The van der Waals surface area contributed by atoms with E-state index >= 15 is 0 Å². The van der Waals surface area contributed by atoms with Crippen molar-refractivity contribution in [1.82, 2.24) is 5.06 Å². The monoisotopic (exact) mass is 277 g/mol. The number of benzene rings is 1. The molecule has 19 heavy (non-hydrogen) atoms. The second kappa shape index (κ2) is 6.07. The molecule has 0 aliphatic heterocycles. The van der Waals surface area contributed by atoms with Gasteiger partial charge in [-0.25, -0.2) is 9.59 Å². The minimum absolute atomic E-state index is 0.200. The Morgan fingerprint density at radius 2 is 1.79 bits per heavy atom. The molecular weight excluding hydrogens is 267 g/mol. The van der Waals surface area contributed by atoms with Crippen LogP contribution in [0.1, 0.15) is 5.56 Å². The van der Waals surface area contributed by atoms with Crippen LogP contribution >= 0.6 is 0 Å². The third-order valence-electron chi connectivity index (χ3n) is 1.97. The molecule has 0 atom stereocenters. The molecule has 0 unspecified atom stereocenters. The van der Waals surface area contributed by atoms with E-state index in [0.717, 1.165) is 7.11 Å². The van der Waals surface area contributed by atoms with Crippen molar-refractivity contribution in [1.29, 1.82) is 0 Å². The Labute approximate surface area is 106 Å². The van der Waals surface area contributed by atoms with Crippen LogP contribution in [0.15, 0.2) is 30.3 Å². The van der Waals surface area contributed by atoms with Crippen LogP contribution in [0.4, 0.5) is 18.0 Å². The van der Waals surface area contributed by atoms with E-state index in [-0.39, 0.29) is 11.6 Å². The van der Waals surface area contributed by atoms with Crippen LogP contribution in [0.25, 0.3) is 0 Å². The molecule has 0 radical (unpaired) electrons. The number of halogens is 3. The number of ether oxygens (including phenoxy) is 1. The Bertz CT molecular complexity index is 447. The van der Waals surface area contributed by atoms with Gasteiger partial charge in [0.05, 0.1) is 13.7 Å². The molecule has 1 aromatic rings. The molecule has 0 aliphatic rings. The minimum atomic E-state index is -5.19. The molecule has 0 aliphatic carbocycles. The Kier molecular flexibility index (Phi) is 4.74. The number of hydrogen-bond donors (Lipinski definition) is 0. The third kappa shape index (κ3) is 4.49. The van der Waals surface area contributed by atoms with E-state index < -0.39 is 18.2 Å². The summed E-state index contributed by atoms with van der Waals surface area (Å²) in [6.45, 7) is -0.352. The summed E-state index contributed by atoms with van der Waals surface area (Å²) in [6.07, 6.45) is -6.40. The van der Waals surface area contributed by atoms with Gasteiger partial charge in [0.25, 0.3) is 0 Å². The van der Waals surface area contributed by atoms with Gasteiger partial charge in [0.15, 0.2) is 0 Å². The SMILES string of the molecule is COC(=O)N(Cc1ccccc1)OC(=O)C(F)(F)F. The summed E-state index contributed by atoms with van der Waals surface area (Å²) in [6, 6.07) is 8.04. The summed E-state index contributed by atoms with van der Waals surface area (Å²) >= 11 is 0. The molecule has 0 saturated carbocycles. The van der Waals surface area contributed by atoms with E-state index in [1.54, 1.807) is 30.3 Å². The number of alkyl halides is 3. The normalized spacial score (nSPS) is 10.7. The molecular formula is C11H10F3NO4. The fourth-order valence-electron chi connectivity index (χ4n) is 1.14. The summed E-state index contributed by atoms with van der Waals surface area (Å²) in [4.78, 5) is 25.9. The van der Waals surface area contributed by atoms with Crippen molar-refractivity contribution in [3.05, 3.63) is 35.9 Å². The predicted molar refractivity (Wildman–Crippen MR) is 56.5 cm³/mol. The first-order chi connectivity index (χ1) is 8.84. The number of amides is 1. The van der Waals surface area contributed by atoms with Crippen molar-refractivity contribution in [2.45, 2.75) is 12.7 Å². The van der Waals surface area contributed by atoms with Crippen LogP contribution in [0.3, 0.4) is 0 Å². The molecule has 0 bridgehead atoms. The first-order valence-corrected chi connectivity index (χ1v) is 5.03. The van der Waals surface area contributed by atoms with Gasteiger partial charge in [0.1, 0.15) is 0 Å². The van der Waals surface area contributed by atoms with Gasteiger partial charge in [0, 0.05) is 0 Å². The zero-order valence-corrected chi connectivity index (χ0v) is 9.81. The first-order valence-electron chi connectivity index (χ1n) is 5.03. The highest BCUT2D eigenvalue weighted by molar-refractivity contribution is 5.77. The molecule has 1 aromatic carbocycles. The number of hydroxylamine groups is 2. The molecule has 0 fully saturated rings.